The third-order valence-electron chi connectivity index (χ3n) is 2.68. The number of carbonyl (C=O) groups is 1. The van der Waals surface area contributed by atoms with E-state index in [4.69, 9.17) is 9.84 Å². The molecule has 0 unspecified atom stereocenters. The summed E-state index contributed by atoms with van der Waals surface area (Å²) in [6.07, 6.45) is 0. The Morgan fingerprint density at radius 2 is 2.05 bits per heavy atom. The van der Waals surface area contributed by atoms with Gasteiger partial charge in [0, 0.05) is 12.6 Å². The van der Waals surface area contributed by atoms with Gasteiger partial charge < -0.3 is 9.84 Å². The molecule has 0 saturated carbocycles. The highest BCUT2D eigenvalue weighted by atomic mass is 16.5. The number of nitrogens with zero attached hydrogens (tertiary/aromatic N) is 2. The fourth-order valence-electron chi connectivity index (χ4n) is 1.75. The Morgan fingerprint density at radius 3 is 2.68 bits per heavy atom. The van der Waals surface area contributed by atoms with Crippen LogP contribution in [0.15, 0.2) is 35.1 Å². The van der Waals surface area contributed by atoms with Crippen LogP contribution >= 0.6 is 0 Å². The predicted octanol–water partition coefficient (Wildman–Crippen LogP) is 1.15. The quantitative estimate of drug-likeness (QED) is 0.895. The third kappa shape index (κ3) is 2.33. The smallest absolute Gasteiger partial charge is 0.341 e. The van der Waals surface area contributed by atoms with Crippen molar-refractivity contribution < 1.29 is 14.6 Å². The number of aromatic nitrogens is 2. The van der Waals surface area contributed by atoms with Gasteiger partial charge in [0.05, 0.1) is 12.8 Å². The first kappa shape index (κ1) is 12.8. The fourth-order valence-corrected chi connectivity index (χ4v) is 1.75. The second kappa shape index (κ2) is 4.93. The number of hydrogen-bond donors (Lipinski definition) is 1. The van der Waals surface area contributed by atoms with E-state index in [1.165, 1.54) is 20.2 Å². The summed E-state index contributed by atoms with van der Waals surface area (Å²) in [5.74, 6) is -0.718. The molecule has 0 amide bonds. The number of hydrogen-bond acceptors (Lipinski definition) is 4. The second-order valence-corrected chi connectivity index (χ2v) is 3.88. The Hall–Kier alpha value is -2.63. The lowest BCUT2D eigenvalue weighted by Gasteiger charge is -2.09. The van der Waals surface area contributed by atoms with Crippen LogP contribution in [0.25, 0.3) is 11.3 Å². The van der Waals surface area contributed by atoms with Crippen molar-refractivity contribution in [1.82, 2.24) is 9.78 Å². The first-order chi connectivity index (χ1) is 9.04. The molecule has 0 aliphatic carbocycles. The lowest BCUT2D eigenvalue weighted by molar-refractivity contribution is 0.0694. The van der Waals surface area contributed by atoms with Crippen LogP contribution in [-0.2, 0) is 7.05 Å². The van der Waals surface area contributed by atoms with Gasteiger partial charge in [-0.25, -0.2) is 9.48 Å². The zero-order valence-electron chi connectivity index (χ0n) is 10.5. The molecule has 1 N–H and O–H groups in total. The van der Waals surface area contributed by atoms with Gasteiger partial charge in [0.1, 0.15) is 11.3 Å². The zero-order chi connectivity index (χ0) is 14.0. The topological polar surface area (TPSA) is 81.4 Å². The van der Waals surface area contributed by atoms with Crippen LogP contribution in [0.2, 0.25) is 0 Å². The van der Waals surface area contributed by atoms with Gasteiger partial charge >= 0.3 is 5.97 Å². The largest absolute Gasteiger partial charge is 0.496 e. The van der Waals surface area contributed by atoms with E-state index in [0.29, 0.717) is 17.0 Å². The molecule has 6 heteroatoms. The monoisotopic (exact) mass is 260 g/mol. The van der Waals surface area contributed by atoms with Crippen molar-refractivity contribution in [1.29, 1.82) is 0 Å². The van der Waals surface area contributed by atoms with Crippen molar-refractivity contribution >= 4 is 5.97 Å². The fraction of sp³-hybridized carbons (Fsp3) is 0.154. The Bertz CT molecular complexity index is 691. The van der Waals surface area contributed by atoms with Crippen LogP contribution in [0.3, 0.4) is 0 Å². The van der Waals surface area contributed by atoms with Crippen LogP contribution in [0.1, 0.15) is 10.4 Å². The van der Waals surface area contributed by atoms with Gasteiger partial charge in [-0.1, -0.05) is 12.1 Å². The maximum atomic E-state index is 11.6. The number of para-hydroxylation sites is 1. The average molecular weight is 260 g/mol. The summed E-state index contributed by atoms with van der Waals surface area (Å²) < 4.78 is 6.20. The summed E-state index contributed by atoms with van der Waals surface area (Å²) in [5, 5.41) is 13.1. The minimum Gasteiger partial charge on any atom is -0.496 e. The van der Waals surface area contributed by atoms with E-state index < -0.39 is 11.5 Å². The van der Waals surface area contributed by atoms with E-state index in [2.05, 4.69) is 5.10 Å². The average Bonchev–Trinajstić information content (AvgIpc) is 2.41. The molecule has 98 valence electrons. The standard InChI is InChI=1S/C13H12N2O4/c1-15-12(16)9(13(17)18)7-10(14-15)8-5-3-4-6-11(8)19-2/h3-7H,1-2H3,(H,17,18). The molecule has 1 aromatic heterocycles. The highest BCUT2D eigenvalue weighted by Gasteiger charge is 2.15. The first-order valence-corrected chi connectivity index (χ1v) is 5.49. The number of rotatable bonds is 3. The molecule has 0 bridgehead atoms. The van der Waals surface area contributed by atoms with Crippen molar-refractivity contribution in [3.8, 4) is 17.0 Å². The van der Waals surface area contributed by atoms with Crippen molar-refractivity contribution in [2.24, 2.45) is 7.05 Å². The second-order valence-electron chi connectivity index (χ2n) is 3.88. The van der Waals surface area contributed by atoms with E-state index in [1.54, 1.807) is 24.3 Å². The van der Waals surface area contributed by atoms with Gasteiger partial charge in [-0.2, -0.15) is 5.10 Å². The van der Waals surface area contributed by atoms with Gasteiger partial charge in [-0.15, -0.1) is 0 Å². The molecule has 2 rings (SSSR count). The van der Waals surface area contributed by atoms with Gasteiger partial charge in [-0.05, 0) is 18.2 Å². The Morgan fingerprint density at radius 1 is 1.37 bits per heavy atom. The molecule has 1 heterocycles. The highest BCUT2D eigenvalue weighted by Crippen LogP contribution is 2.27. The number of benzene rings is 1. The van der Waals surface area contributed by atoms with Crippen LogP contribution in [0.4, 0.5) is 0 Å². The third-order valence-corrected chi connectivity index (χ3v) is 2.68. The van der Waals surface area contributed by atoms with Gasteiger partial charge in [0.25, 0.3) is 5.56 Å². The summed E-state index contributed by atoms with van der Waals surface area (Å²) in [6.45, 7) is 0. The summed E-state index contributed by atoms with van der Waals surface area (Å²) in [7, 11) is 2.92. The molecule has 0 radical (unpaired) electrons. The number of carboxylic acid groups (broad SMARTS) is 1. The molecular weight excluding hydrogens is 248 g/mol. The lowest BCUT2D eigenvalue weighted by Crippen LogP contribution is -2.26. The van der Waals surface area contributed by atoms with Crippen molar-refractivity contribution in [3.05, 3.63) is 46.2 Å². The molecular formula is C13H12N2O4. The summed E-state index contributed by atoms with van der Waals surface area (Å²) in [4.78, 5) is 22.7. The number of aryl methyl sites for hydroxylation is 1. The van der Waals surface area contributed by atoms with Gasteiger partial charge in [0.15, 0.2) is 0 Å². The summed E-state index contributed by atoms with van der Waals surface area (Å²) in [6, 6.07) is 8.32. The number of aromatic carboxylic acids is 1. The van der Waals surface area contributed by atoms with Crippen molar-refractivity contribution in [2.75, 3.05) is 7.11 Å². The molecule has 0 saturated heterocycles. The van der Waals surface area contributed by atoms with Gasteiger partial charge in [-0.3, -0.25) is 4.79 Å². The van der Waals surface area contributed by atoms with Crippen molar-refractivity contribution in [2.45, 2.75) is 0 Å². The number of ether oxygens (including phenoxy) is 1. The van der Waals surface area contributed by atoms with Crippen LogP contribution in [-0.4, -0.2) is 28.0 Å². The molecule has 0 atom stereocenters. The summed E-state index contributed by atoms with van der Waals surface area (Å²) in [5.41, 5.74) is 0.0320. The van der Waals surface area contributed by atoms with E-state index in [0.717, 1.165) is 4.68 Å². The zero-order valence-corrected chi connectivity index (χ0v) is 10.5. The van der Waals surface area contributed by atoms with Gasteiger partial charge in [0.2, 0.25) is 0 Å². The Labute approximate surface area is 108 Å². The lowest BCUT2D eigenvalue weighted by atomic mass is 10.1. The maximum absolute atomic E-state index is 11.6. The van der Waals surface area contributed by atoms with E-state index in [-0.39, 0.29) is 5.56 Å². The number of methoxy groups -OCH3 is 1. The van der Waals surface area contributed by atoms with E-state index >= 15 is 0 Å². The first-order valence-electron chi connectivity index (χ1n) is 5.49. The van der Waals surface area contributed by atoms with E-state index in [9.17, 15) is 9.59 Å². The Balaban J connectivity index is 2.70. The molecule has 2 aromatic rings. The van der Waals surface area contributed by atoms with Crippen LogP contribution in [0, 0.1) is 0 Å². The summed E-state index contributed by atoms with van der Waals surface area (Å²) >= 11 is 0. The van der Waals surface area contributed by atoms with Crippen molar-refractivity contribution in [3.63, 3.8) is 0 Å². The maximum Gasteiger partial charge on any atom is 0.341 e. The van der Waals surface area contributed by atoms with Crippen LogP contribution in [0.5, 0.6) is 5.75 Å². The number of carboxylic acids is 1. The minimum absolute atomic E-state index is 0.321. The minimum atomic E-state index is -1.28. The molecule has 0 fully saturated rings. The molecule has 6 nitrogen and oxygen atoms in total. The van der Waals surface area contributed by atoms with Crippen LogP contribution < -0.4 is 10.3 Å². The predicted molar refractivity (Wildman–Crippen MR) is 68.4 cm³/mol. The molecule has 19 heavy (non-hydrogen) atoms. The Kier molecular flexibility index (Phi) is 3.33. The SMILES string of the molecule is COc1ccccc1-c1cc(C(=O)O)c(=O)n(C)n1. The highest BCUT2D eigenvalue weighted by molar-refractivity contribution is 5.88. The van der Waals surface area contributed by atoms with E-state index in [1.807, 2.05) is 0 Å². The molecule has 1 aromatic carbocycles. The molecule has 0 aliphatic heterocycles. The molecule has 0 aliphatic rings. The molecule has 0 spiro atoms. The normalized spacial score (nSPS) is 10.2.